The summed E-state index contributed by atoms with van der Waals surface area (Å²) in [5, 5.41) is 14.1. The summed E-state index contributed by atoms with van der Waals surface area (Å²) in [6.07, 6.45) is -2.21. The van der Waals surface area contributed by atoms with Crippen molar-refractivity contribution in [2.45, 2.75) is 97.2 Å². The third-order valence-electron chi connectivity index (χ3n) is 8.60. The second-order valence-electron chi connectivity index (χ2n) is 13.3. The highest BCUT2D eigenvalue weighted by molar-refractivity contribution is 6.04. The van der Waals surface area contributed by atoms with Crippen LogP contribution in [0.25, 0.3) is 0 Å². The van der Waals surface area contributed by atoms with Gasteiger partial charge in [-0.3, -0.25) is 9.59 Å². The van der Waals surface area contributed by atoms with E-state index in [9.17, 15) is 19.5 Å². The van der Waals surface area contributed by atoms with Crippen LogP contribution >= 0.6 is 0 Å². The molecule has 2 heterocycles. The zero-order valence-corrected chi connectivity index (χ0v) is 27.2. The number of hydrogen-bond donors (Lipinski definition) is 2. The van der Waals surface area contributed by atoms with E-state index in [-0.39, 0.29) is 36.9 Å². The Morgan fingerprint density at radius 2 is 1.72 bits per heavy atom. The van der Waals surface area contributed by atoms with Crippen molar-refractivity contribution in [3.05, 3.63) is 30.3 Å². The van der Waals surface area contributed by atoms with E-state index in [1.165, 1.54) is 18.7 Å². The van der Waals surface area contributed by atoms with Crippen molar-refractivity contribution >= 4 is 23.5 Å². The van der Waals surface area contributed by atoms with Crippen LogP contribution in [-0.4, -0.2) is 103 Å². The number of aliphatic hydroxyl groups excluding tert-OH is 1. The number of urea groups is 1. The molecule has 0 aliphatic carbocycles. The first-order valence-corrected chi connectivity index (χ1v) is 15.1. The molecule has 0 saturated carbocycles. The molecule has 2 aliphatic heterocycles. The number of rotatable bonds is 5. The first-order valence-electron chi connectivity index (χ1n) is 15.1. The summed E-state index contributed by atoms with van der Waals surface area (Å²) >= 11 is 0. The lowest BCUT2D eigenvalue weighted by Crippen LogP contribution is -2.56. The summed E-state index contributed by atoms with van der Waals surface area (Å²) in [6, 6.07) is 8.38. The molecule has 43 heavy (non-hydrogen) atoms. The topological polar surface area (TPSA) is 127 Å². The Kier molecular flexibility index (Phi) is 11.8. The van der Waals surface area contributed by atoms with Crippen molar-refractivity contribution in [3.63, 3.8) is 0 Å². The number of Topliss-reactive ketones (excluding diaryl/α,β-unsaturated/α-hetero) is 1. The molecule has 242 valence electrons. The number of para-hydroxylation sites is 1. The predicted octanol–water partition coefficient (Wildman–Crippen LogP) is 3.90. The van der Waals surface area contributed by atoms with Gasteiger partial charge in [-0.1, -0.05) is 32.0 Å². The molecule has 11 heteroatoms. The summed E-state index contributed by atoms with van der Waals surface area (Å²) in [7, 11) is 5.34. The number of amides is 2. The number of esters is 1. The van der Waals surface area contributed by atoms with Crippen LogP contribution in [-0.2, 0) is 28.5 Å². The molecular formula is C32H51N3O8. The van der Waals surface area contributed by atoms with Crippen molar-refractivity contribution in [1.29, 1.82) is 0 Å². The van der Waals surface area contributed by atoms with Gasteiger partial charge in [0.25, 0.3) is 0 Å². The van der Waals surface area contributed by atoms with Crippen molar-refractivity contribution in [1.82, 2.24) is 9.80 Å². The van der Waals surface area contributed by atoms with Crippen molar-refractivity contribution in [2.24, 2.45) is 17.3 Å². The SMILES string of the molecule is COC1(C)CC(C)CN(C(=O)Nc2ccccc2)CC(O[C@@H]2O[C@H](C)C[C@H](N(C)C)[C@H]2O)OC(=O)C(C)(C)C(=O)C(C)C1. The van der Waals surface area contributed by atoms with Gasteiger partial charge in [-0.2, -0.15) is 0 Å². The summed E-state index contributed by atoms with van der Waals surface area (Å²) in [6.45, 7) is 10.8. The molecule has 2 amide bonds. The zero-order chi connectivity index (χ0) is 32.1. The number of ketones is 1. The number of benzene rings is 1. The monoisotopic (exact) mass is 605 g/mol. The van der Waals surface area contributed by atoms with E-state index in [1.807, 2.05) is 58.0 Å². The molecule has 0 aromatic heterocycles. The van der Waals surface area contributed by atoms with Crippen LogP contribution in [0, 0.1) is 17.3 Å². The molecule has 8 atom stereocenters. The molecule has 1 aromatic rings. The minimum absolute atomic E-state index is 0.0615. The lowest BCUT2D eigenvalue weighted by atomic mass is 9.76. The van der Waals surface area contributed by atoms with Crippen LogP contribution in [0.5, 0.6) is 0 Å². The smallest absolute Gasteiger partial charge is 0.322 e. The van der Waals surface area contributed by atoms with Gasteiger partial charge in [0.15, 0.2) is 12.1 Å². The molecule has 0 bridgehead atoms. The van der Waals surface area contributed by atoms with Crippen molar-refractivity contribution in [3.8, 4) is 0 Å². The van der Waals surface area contributed by atoms with E-state index in [1.54, 1.807) is 26.2 Å². The van der Waals surface area contributed by atoms with Gasteiger partial charge in [0.05, 0.1) is 18.2 Å². The summed E-state index contributed by atoms with van der Waals surface area (Å²) < 4.78 is 23.9. The lowest BCUT2D eigenvalue weighted by molar-refractivity contribution is -0.303. The molecule has 3 rings (SSSR count). The maximum atomic E-state index is 13.7. The third kappa shape index (κ3) is 8.98. The van der Waals surface area contributed by atoms with E-state index >= 15 is 0 Å². The minimum Gasteiger partial charge on any atom is -0.433 e. The van der Waals surface area contributed by atoms with E-state index in [2.05, 4.69) is 5.32 Å². The number of hydrogen-bond acceptors (Lipinski definition) is 9. The molecule has 2 aliphatic rings. The van der Waals surface area contributed by atoms with Crippen LogP contribution in [0.3, 0.4) is 0 Å². The Hall–Kier alpha value is -2.57. The standard InChI is InChI=1S/C32H51N3O8/c1-20-16-32(6,40-9)17-21(2)27(37)31(4,5)29(38)43-25(42-28-26(36)24(34(7)8)15-22(3)41-28)19-35(18-20)30(39)33-23-13-11-10-12-14-23/h10-14,20-22,24-26,28,36H,15-19H2,1-9H3,(H,33,39)/t20?,21?,22-,24+,25?,26-,28+,32?/m1/s1. The van der Waals surface area contributed by atoms with E-state index in [4.69, 9.17) is 18.9 Å². The highest BCUT2D eigenvalue weighted by atomic mass is 16.8. The highest BCUT2D eigenvalue weighted by Crippen LogP contribution is 2.34. The van der Waals surface area contributed by atoms with Crippen LogP contribution in [0.1, 0.15) is 60.8 Å². The average Bonchev–Trinajstić information content (AvgIpc) is 2.93. The Morgan fingerprint density at radius 1 is 1.07 bits per heavy atom. The van der Waals surface area contributed by atoms with Crippen LogP contribution in [0.2, 0.25) is 0 Å². The highest BCUT2D eigenvalue weighted by Gasteiger charge is 2.46. The van der Waals surface area contributed by atoms with Crippen molar-refractivity contribution < 1.29 is 38.4 Å². The number of carbonyl (C=O) groups excluding carboxylic acids is 3. The lowest BCUT2D eigenvalue weighted by Gasteiger charge is -2.42. The third-order valence-corrected chi connectivity index (χ3v) is 8.60. The van der Waals surface area contributed by atoms with Gasteiger partial charge in [-0.05, 0) is 79.1 Å². The normalized spacial score (nSPS) is 34.5. The fourth-order valence-corrected chi connectivity index (χ4v) is 6.21. The number of aliphatic hydroxyl groups is 1. The van der Waals surface area contributed by atoms with Gasteiger partial charge in [0.1, 0.15) is 11.5 Å². The first kappa shape index (κ1) is 34.9. The molecular weight excluding hydrogens is 554 g/mol. The molecule has 2 fully saturated rings. The Morgan fingerprint density at radius 3 is 2.33 bits per heavy atom. The summed E-state index contributed by atoms with van der Waals surface area (Å²) in [5.41, 5.74) is -1.57. The van der Waals surface area contributed by atoms with E-state index < -0.39 is 47.6 Å². The predicted molar refractivity (Wildman–Crippen MR) is 162 cm³/mol. The number of likely N-dealkylation sites (N-methyl/N-ethyl adjacent to an activating group) is 1. The van der Waals surface area contributed by atoms with Gasteiger partial charge in [0.2, 0.25) is 6.29 Å². The maximum Gasteiger partial charge on any atom is 0.322 e. The number of ether oxygens (including phenoxy) is 4. The fourth-order valence-electron chi connectivity index (χ4n) is 6.21. The second-order valence-corrected chi connectivity index (χ2v) is 13.3. The number of cyclic esters (lactones) is 1. The molecule has 0 spiro atoms. The number of carbonyl (C=O) groups is 3. The molecule has 11 nitrogen and oxygen atoms in total. The molecule has 4 unspecified atom stereocenters. The van der Waals surface area contributed by atoms with Crippen LogP contribution < -0.4 is 5.32 Å². The first-order chi connectivity index (χ1) is 20.1. The van der Waals surface area contributed by atoms with E-state index in [0.717, 1.165) is 0 Å². The molecule has 2 saturated heterocycles. The molecule has 2 N–H and O–H groups in total. The number of anilines is 1. The molecule has 0 radical (unpaired) electrons. The average molecular weight is 606 g/mol. The molecule has 1 aromatic carbocycles. The van der Waals surface area contributed by atoms with Gasteiger partial charge < -0.3 is 39.2 Å². The van der Waals surface area contributed by atoms with Gasteiger partial charge >= 0.3 is 12.0 Å². The Labute approximate surface area is 256 Å². The van der Waals surface area contributed by atoms with Gasteiger partial charge in [0, 0.05) is 31.3 Å². The minimum atomic E-state index is -1.50. The number of nitrogens with zero attached hydrogens (tertiary/aromatic N) is 2. The zero-order valence-electron chi connectivity index (χ0n) is 27.2. The van der Waals surface area contributed by atoms with E-state index in [0.29, 0.717) is 24.9 Å². The van der Waals surface area contributed by atoms with Gasteiger partial charge in [-0.15, -0.1) is 0 Å². The van der Waals surface area contributed by atoms with Crippen molar-refractivity contribution in [2.75, 3.05) is 39.6 Å². The Balaban J connectivity index is 2.01. The Bertz CT molecular complexity index is 1100. The largest absolute Gasteiger partial charge is 0.433 e. The second kappa shape index (κ2) is 14.5. The van der Waals surface area contributed by atoms with Crippen LogP contribution in [0.15, 0.2) is 30.3 Å². The maximum absolute atomic E-state index is 13.7. The summed E-state index contributed by atoms with van der Waals surface area (Å²) in [5.74, 6) is -1.62. The quantitative estimate of drug-likeness (QED) is 0.380. The van der Waals surface area contributed by atoms with Crippen LogP contribution in [0.4, 0.5) is 10.5 Å². The summed E-state index contributed by atoms with van der Waals surface area (Å²) in [4.78, 5) is 44.4. The fraction of sp³-hybridized carbons (Fsp3) is 0.719. The number of nitrogens with one attached hydrogen (secondary N) is 1. The number of methoxy groups -OCH3 is 1. The van der Waals surface area contributed by atoms with Gasteiger partial charge in [-0.25, -0.2) is 4.79 Å².